The third-order valence-corrected chi connectivity index (χ3v) is 10.9. The molecule has 0 N–H and O–H groups in total. The number of fused-ring (bicyclic) bond motifs is 10. The first kappa shape index (κ1) is 29.5. The SMILES string of the molecule is Cc1nc(-c2ccccc2)cc(-c2cccc3c2-c2ccccc2C32c3ccccc3-c3ccc(-c4ccc(-c5cnccc5C)cc4)cc32)n1. The minimum atomic E-state index is -0.471. The molecule has 240 valence electrons. The highest BCUT2D eigenvalue weighted by atomic mass is 14.9. The van der Waals surface area contributed by atoms with Crippen molar-refractivity contribution in [2.24, 2.45) is 0 Å². The number of rotatable bonds is 4. The van der Waals surface area contributed by atoms with Crippen LogP contribution in [-0.4, -0.2) is 15.0 Å². The molecule has 0 fully saturated rings. The lowest BCUT2D eigenvalue weighted by molar-refractivity contribution is 0.794. The summed E-state index contributed by atoms with van der Waals surface area (Å²) in [6, 6.07) is 55.4. The van der Waals surface area contributed by atoms with Crippen molar-refractivity contribution in [3.63, 3.8) is 0 Å². The van der Waals surface area contributed by atoms with Gasteiger partial charge in [0, 0.05) is 29.1 Å². The van der Waals surface area contributed by atoms with Gasteiger partial charge in [-0.15, -0.1) is 0 Å². The van der Waals surface area contributed by atoms with Crippen molar-refractivity contribution in [2.45, 2.75) is 19.3 Å². The van der Waals surface area contributed by atoms with E-state index in [2.05, 4.69) is 158 Å². The number of benzene rings is 6. The first-order valence-corrected chi connectivity index (χ1v) is 17.5. The molecule has 0 saturated carbocycles. The molecular formula is C48H33N3. The molecule has 1 unspecified atom stereocenters. The van der Waals surface area contributed by atoms with E-state index in [1.165, 1.54) is 66.8 Å². The van der Waals surface area contributed by atoms with E-state index in [1.54, 1.807) is 0 Å². The van der Waals surface area contributed by atoms with Gasteiger partial charge in [-0.3, -0.25) is 4.98 Å². The lowest BCUT2D eigenvalue weighted by Gasteiger charge is -2.31. The summed E-state index contributed by atoms with van der Waals surface area (Å²) in [6.07, 6.45) is 3.81. The van der Waals surface area contributed by atoms with Crippen LogP contribution in [0.2, 0.25) is 0 Å². The summed E-state index contributed by atoms with van der Waals surface area (Å²) in [5, 5.41) is 0. The Kier molecular flexibility index (Phi) is 6.53. The van der Waals surface area contributed by atoms with E-state index >= 15 is 0 Å². The van der Waals surface area contributed by atoms with Crippen molar-refractivity contribution in [3.05, 3.63) is 198 Å². The van der Waals surface area contributed by atoms with Gasteiger partial charge < -0.3 is 0 Å². The molecule has 6 aromatic carbocycles. The Morgan fingerprint density at radius 3 is 1.84 bits per heavy atom. The molecule has 2 aliphatic carbocycles. The zero-order chi connectivity index (χ0) is 34.1. The van der Waals surface area contributed by atoms with Gasteiger partial charge in [0.05, 0.1) is 16.8 Å². The highest BCUT2D eigenvalue weighted by Crippen LogP contribution is 2.64. The van der Waals surface area contributed by atoms with Gasteiger partial charge in [-0.2, -0.15) is 0 Å². The van der Waals surface area contributed by atoms with Crippen LogP contribution in [0.1, 0.15) is 33.6 Å². The molecule has 2 heterocycles. The van der Waals surface area contributed by atoms with Crippen molar-refractivity contribution in [1.29, 1.82) is 0 Å². The van der Waals surface area contributed by atoms with E-state index in [0.717, 1.165) is 33.9 Å². The van der Waals surface area contributed by atoms with E-state index in [9.17, 15) is 0 Å². The Morgan fingerprint density at radius 2 is 1.04 bits per heavy atom. The Balaban J connectivity index is 1.20. The molecule has 10 rings (SSSR count). The largest absolute Gasteiger partial charge is 0.264 e. The number of hydrogen-bond donors (Lipinski definition) is 0. The highest BCUT2D eigenvalue weighted by molar-refractivity contribution is 6.00. The number of pyridine rings is 1. The van der Waals surface area contributed by atoms with Gasteiger partial charge in [0.1, 0.15) is 5.82 Å². The molecule has 51 heavy (non-hydrogen) atoms. The maximum Gasteiger partial charge on any atom is 0.126 e. The number of hydrogen-bond acceptors (Lipinski definition) is 3. The standard InChI is InChI=1S/C48H33N3/c1-30-25-26-49-29-40(30)33-21-19-32(20-22-33)35-23-24-37-36-13-6-8-16-41(36)48(44(37)27-35)42-17-9-7-14-38(42)47-39(15-10-18-43(47)48)46-28-45(50-31(2)51-46)34-11-4-3-5-12-34/h3-29H,1-2H3. The van der Waals surface area contributed by atoms with E-state index in [-0.39, 0.29) is 0 Å². The predicted octanol–water partition coefficient (Wildman–Crippen LogP) is 11.5. The van der Waals surface area contributed by atoms with Gasteiger partial charge >= 0.3 is 0 Å². The average molecular weight is 652 g/mol. The Hall–Kier alpha value is -6.45. The van der Waals surface area contributed by atoms with Gasteiger partial charge in [-0.05, 0) is 98.8 Å². The second kappa shape index (κ2) is 11.3. The van der Waals surface area contributed by atoms with Crippen LogP contribution in [0.3, 0.4) is 0 Å². The van der Waals surface area contributed by atoms with Crippen LogP contribution in [0, 0.1) is 13.8 Å². The normalized spacial score (nSPS) is 14.9. The van der Waals surface area contributed by atoms with Gasteiger partial charge in [0.2, 0.25) is 0 Å². The molecule has 8 aromatic rings. The molecule has 0 saturated heterocycles. The number of aromatic nitrogens is 3. The first-order valence-electron chi connectivity index (χ1n) is 17.5. The minimum Gasteiger partial charge on any atom is -0.264 e. The second-order valence-electron chi connectivity index (χ2n) is 13.6. The molecule has 0 amide bonds. The Bertz CT molecular complexity index is 2660. The van der Waals surface area contributed by atoms with Crippen molar-refractivity contribution >= 4 is 0 Å². The maximum absolute atomic E-state index is 5.06. The van der Waals surface area contributed by atoms with Crippen LogP contribution in [-0.2, 0) is 5.41 Å². The predicted molar refractivity (Wildman–Crippen MR) is 207 cm³/mol. The molecular weight excluding hydrogens is 619 g/mol. The maximum atomic E-state index is 5.06. The van der Waals surface area contributed by atoms with Gasteiger partial charge in [0.25, 0.3) is 0 Å². The molecule has 1 atom stereocenters. The zero-order valence-electron chi connectivity index (χ0n) is 28.4. The van der Waals surface area contributed by atoms with E-state index < -0.39 is 5.41 Å². The fourth-order valence-electron chi connectivity index (χ4n) is 8.65. The third-order valence-electron chi connectivity index (χ3n) is 10.9. The summed E-state index contributed by atoms with van der Waals surface area (Å²) in [6.45, 7) is 4.13. The summed E-state index contributed by atoms with van der Waals surface area (Å²) in [5.41, 5.74) is 19.9. The average Bonchev–Trinajstić information content (AvgIpc) is 3.65. The van der Waals surface area contributed by atoms with E-state index in [4.69, 9.17) is 9.97 Å². The Morgan fingerprint density at radius 1 is 0.412 bits per heavy atom. The molecule has 2 aliphatic rings. The minimum absolute atomic E-state index is 0.471. The van der Waals surface area contributed by atoms with Gasteiger partial charge in [-0.1, -0.05) is 133 Å². The van der Waals surface area contributed by atoms with Crippen LogP contribution < -0.4 is 0 Å². The van der Waals surface area contributed by atoms with Gasteiger partial charge in [-0.25, -0.2) is 9.97 Å². The smallest absolute Gasteiger partial charge is 0.126 e. The zero-order valence-corrected chi connectivity index (χ0v) is 28.4. The quantitative estimate of drug-likeness (QED) is 0.190. The fourth-order valence-corrected chi connectivity index (χ4v) is 8.65. The summed E-state index contributed by atoms with van der Waals surface area (Å²) in [7, 11) is 0. The molecule has 0 radical (unpaired) electrons. The summed E-state index contributed by atoms with van der Waals surface area (Å²) >= 11 is 0. The van der Waals surface area contributed by atoms with Crippen molar-refractivity contribution in [1.82, 2.24) is 15.0 Å². The monoisotopic (exact) mass is 651 g/mol. The number of nitrogens with zero attached hydrogens (tertiary/aromatic N) is 3. The molecule has 2 aromatic heterocycles. The lowest BCUT2D eigenvalue weighted by atomic mass is 9.70. The van der Waals surface area contributed by atoms with Crippen LogP contribution in [0.4, 0.5) is 0 Å². The van der Waals surface area contributed by atoms with Crippen molar-refractivity contribution < 1.29 is 0 Å². The number of aryl methyl sites for hydroxylation is 2. The van der Waals surface area contributed by atoms with Crippen LogP contribution in [0.15, 0.2) is 164 Å². The molecule has 3 nitrogen and oxygen atoms in total. The summed E-state index contributed by atoms with van der Waals surface area (Å²) in [5.74, 6) is 0.760. The van der Waals surface area contributed by atoms with Crippen LogP contribution in [0.5, 0.6) is 0 Å². The molecule has 3 heteroatoms. The lowest BCUT2D eigenvalue weighted by Crippen LogP contribution is -2.25. The summed E-state index contributed by atoms with van der Waals surface area (Å²) in [4.78, 5) is 14.3. The third kappa shape index (κ3) is 4.34. The molecule has 1 spiro atoms. The van der Waals surface area contributed by atoms with E-state index in [0.29, 0.717) is 0 Å². The van der Waals surface area contributed by atoms with Crippen molar-refractivity contribution in [2.75, 3.05) is 0 Å². The van der Waals surface area contributed by atoms with Crippen LogP contribution >= 0.6 is 0 Å². The fraction of sp³-hybridized carbons (Fsp3) is 0.0625. The Labute approximate surface area is 298 Å². The molecule has 0 bridgehead atoms. The van der Waals surface area contributed by atoms with Crippen molar-refractivity contribution in [3.8, 4) is 67.0 Å². The van der Waals surface area contributed by atoms with Gasteiger partial charge in [0.15, 0.2) is 0 Å². The highest BCUT2D eigenvalue weighted by Gasteiger charge is 2.52. The van der Waals surface area contributed by atoms with E-state index in [1.807, 2.05) is 25.4 Å². The second-order valence-corrected chi connectivity index (χ2v) is 13.6. The summed E-state index contributed by atoms with van der Waals surface area (Å²) < 4.78 is 0. The molecule has 0 aliphatic heterocycles. The van der Waals surface area contributed by atoms with Crippen LogP contribution in [0.25, 0.3) is 67.0 Å². The topological polar surface area (TPSA) is 38.7 Å². The first-order chi connectivity index (χ1) is 25.1.